The van der Waals surface area contributed by atoms with E-state index in [-0.39, 0.29) is 18.1 Å². The lowest BCUT2D eigenvalue weighted by Crippen LogP contribution is -2.50. The third-order valence-electron chi connectivity index (χ3n) is 2.44. The van der Waals surface area contributed by atoms with Crippen molar-refractivity contribution in [2.75, 3.05) is 29.6 Å². The predicted molar refractivity (Wildman–Crippen MR) is 71.6 cm³/mol. The van der Waals surface area contributed by atoms with Crippen LogP contribution in [0.1, 0.15) is 6.42 Å². The van der Waals surface area contributed by atoms with Gasteiger partial charge in [0.1, 0.15) is 6.04 Å². The summed E-state index contributed by atoms with van der Waals surface area (Å²) in [5.41, 5.74) is 4.98. The van der Waals surface area contributed by atoms with Crippen LogP contribution in [0.3, 0.4) is 0 Å². The number of aliphatic carboxylic acids is 1. The molecule has 1 atom stereocenters. The van der Waals surface area contributed by atoms with E-state index in [0.29, 0.717) is 18.1 Å². The molecule has 0 aromatic heterocycles. The molecule has 3 N–H and O–H groups in total. The fourth-order valence-electron chi connectivity index (χ4n) is 1.58. The van der Waals surface area contributed by atoms with Crippen LogP contribution < -0.4 is 5.73 Å². The van der Waals surface area contributed by atoms with E-state index < -0.39 is 17.9 Å². The molecule has 0 spiro atoms. The zero-order chi connectivity index (χ0) is 13.5. The Hall–Kier alpha value is -0.890. The number of carboxylic acid groups (broad SMARTS) is 1. The second kappa shape index (κ2) is 7.52. The standard InChI is InChI=1S/C10H16N2O4S2/c11-8(13)6-17-3-1-9(14)12-2-4-18-5-7(12)10(15)16/h7H,1-6H2,(H2,11,13)(H,15,16). The number of nitrogens with two attached hydrogens (primary N) is 1. The first-order valence-electron chi connectivity index (χ1n) is 5.48. The van der Waals surface area contributed by atoms with Crippen LogP contribution >= 0.6 is 23.5 Å². The van der Waals surface area contributed by atoms with Gasteiger partial charge in [-0.1, -0.05) is 0 Å². The summed E-state index contributed by atoms with van der Waals surface area (Å²) in [5, 5.41) is 9.03. The minimum absolute atomic E-state index is 0.167. The average molecular weight is 292 g/mol. The minimum atomic E-state index is -0.958. The Morgan fingerprint density at radius 1 is 1.44 bits per heavy atom. The van der Waals surface area contributed by atoms with Crippen LogP contribution in [0.25, 0.3) is 0 Å². The Morgan fingerprint density at radius 3 is 2.78 bits per heavy atom. The molecular formula is C10H16N2O4S2. The molecule has 1 heterocycles. The fourth-order valence-corrected chi connectivity index (χ4v) is 3.29. The minimum Gasteiger partial charge on any atom is -0.480 e. The molecule has 1 saturated heterocycles. The van der Waals surface area contributed by atoms with E-state index in [1.807, 2.05) is 0 Å². The summed E-state index contributed by atoms with van der Waals surface area (Å²) in [7, 11) is 0. The maximum absolute atomic E-state index is 11.9. The molecule has 6 nitrogen and oxygen atoms in total. The lowest BCUT2D eigenvalue weighted by molar-refractivity contribution is -0.149. The van der Waals surface area contributed by atoms with Crippen LogP contribution in [0.15, 0.2) is 0 Å². The summed E-state index contributed by atoms with van der Waals surface area (Å²) < 4.78 is 0. The van der Waals surface area contributed by atoms with Gasteiger partial charge in [0.15, 0.2) is 0 Å². The van der Waals surface area contributed by atoms with E-state index >= 15 is 0 Å². The second-order valence-electron chi connectivity index (χ2n) is 3.78. The molecule has 18 heavy (non-hydrogen) atoms. The van der Waals surface area contributed by atoms with E-state index in [9.17, 15) is 14.4 Å². The molecule has 1 rings (SSSR count). The van der Waals surface area contributed by atoms with E-state index in [4.69, 9.17) is 10.8 Å². The molecule has 0 aliphatic carbocycles. The number of nitrogens with zero attached hydrogens (tertiary/aromatic N) is 1. The zero-order valence-electron chi connectivity index (χ0n) is 9.83. The van der Waals surface area contributed by atoms with E-state index in [2.05, 4.69) is 0 Å². The van der Waals surface area contributed by atoms with Crippen LogP contribution in [0, 0.1) is 0 Å². The van der Waals surface area contributed by atoms with Crippen molar-refractivity contribution in [2.45, 2.75) is 12.5 Å². The Kier molecular flexibility index (Phi) is 6.34. The first kappa shape index (κ1) is 15.2. The number of thioether (sulfide) groups is 2. The molecule has 1 aliphatic heterocycles. The van der Waals surface area contributed by atoms with Crippen molar-refractivity contribution in [3.8, 4) is 0 Å². The van der Waals surface area contributed by atoms with Crippen molar-refractivity contribution >= 4 is 41.3 Å². The predicted octanol–water partition coefficient (Wildman–Crippen LogP) is -0.376. The molecular weight excluding hydrogens is 276 g/mol. The van der Waals surface area contributed by atoms with E-state index in [1.165, 1.54) is 16.7 Å². The van der Waals surface area contributed by atoms with Gasteiger partial charge >= 0.3 is 5.97 Å². The normalized spacial score (nSPS) is 19.6. The highest BCUT2D eigenvalue weighted by atomic mass is 32.2. The van der Waals surface area contributed by atoms with E-state index in [1.54, 1.807) is 11.8 Å². The average Bonchev–Trinajstić information content (AvgIpc) is 2.34. The van der Waals surface area contributed by atoms with Crippen LogP contribution in [0.5, 0.6) is 0 Å². The SMILES string of the molecule is NC(=O)CSCCC(=O)N1CCSCC1C(=O)O. The third-order valence-corrected chi connectivity index (χ3v) is 4.44. The van der Waals surface area contributed by atoms with Crippen molar-refractivity contribution in [1.82, 2.24) is 4.90 Å². The highest BCUT2D eigenvalue weighted by molar-refractivity contribution is 8.00. The van der Waals surface area contributed by atoms with E-state index in [0.717, 1.165) is 5.75 Å². The van der Waals surface area contributed by atoms with Crippen molar-refractivity contribution in [3.63, 3.8) is 0 Å². The molecule has 0 radical (unpaired) electrons. The summed E-state index contributed by atoms with van der Waals surface area (Å²) in [6, 6.07) is -0.725. The Morgan fingerprint density at radius 2 is 2.17 bits per heavy atom. The molecule has 0 bridgehead atoms. The Labute approximate surface area is 114 Å². The molecule has 1 unspecified atom stereocenters. The van der Waals surface area contributed by atoms with Gasteiger partial charge in [0, 0.05) is 30.2 Å². The molecule has 8 heteroatoms. The van der Waals surface area contributed by atoms with Gasteiger partial charge in [-0.3, -0.25) is 9.59 Å². The summed E-state index contributed by atoms with van der Waals surface area (Å²) >= 11 is 2.83. The number of carbonyl (C=O) groups is 3. The molecule has 2 amide bonds. The summed E-state index contributed by atoms with van der Waals surface area (Å²) in [6.07, 6.45) is 0.242. The summed E-state index contributed by atoms with van der Waals surface area (Å²) in [4.78, 5) is 34.8. The quantitative estimate of drug-likeness (QED) is 0.647. The van der Waals surface area contributed by atoms with Gasteiger partial charge in [-0.15, -0.1) is 0 Å². The van der Waals surface area contributed by atoms with Gasteiger partial charge in [-0.25, -0.2) is 4.79 Å². The molecule has 1 fully saturated rings. The van der Waals surface area contributed by atoms with Gasteiger partial charge < -0.3 is 15.7 Å². The highest BCUT2D eigenvalue weighted by Gasteiger charge is 2.31. The maximum Gasteiger partial charge on any atom is 0.327 e. The topological polar surface area (TPSA) is 101 Å². The summed E-state index contributed by atoms with van der Waals surface area (Å²) in [5.74, 6) is 0.341. The number of primary amides is 1. The van der Waals surface area contributed by atoms with Crippen molar-refractivity contribution in [2.24, 2.45) is 5.73 Å². The molecule has 1 aliphatic rings. The summed E-state index contributed by atoms with van der Waals surface area (Å²) in [6.45, 7) is 0.473. The molecule has 0 aromatic rings. The van der Waals surface area contributed by atoms with Gasteiger partial charge in [0.2, 0.25) is 11.8 Å². The van der Waals surface area contributed by atoms with Crippen LogP contribution in [0.4, 0.5) is 0 Å². The number of rotatable bonds is 6. The first-order valence-corrected chi connectivity index (χ1v) is 7.79. The van der Waals surface area contributed by atoms with Crippen molar-refractivity contribution < 1.29 is 19.5 Å². The zero-order valence-corrected chi connectivity index (χ0v) is 11.5. The van der Waals surface area contributed by atoms with Gasteiger partial charge in [0.25, 0.3) is 0 Å². The highest BCUT2D eigenvalue weighted by Crippen LogP contribution is 2.18. The van der Waals surface area contributed by atoms with Crippen LogP contribution in [-0.2, 0) is 14.4 Å². The molecule has 0 saturated carbocycles. The van der Waals surface area contributed by atoms with Crippen molar-refractivity contribution in [3.05, 3.63) is 0 Å². The first-order chi connectivity index (χ1) is 8.52. The number of amides is 2. The van der Waals surface area contributed by atoms with Crippen molar-refractivity contribution in [1.29, 1.82) is 0 Å². The number of hydrogen-bond acceptors (Lipinski definition) is 5. The molecule has 102 valence electrons. The monoisotopic (exact) mass is 292 g/mol. The largest absolute Gasteiger partial charge is 0.480 e. The van der Waals surface area contributed by atoms with Gasteiger partial charge in [0.05, 0.1) is 5.75 Å². The molecule has 0 aromatic carbocycles. The van der Waals surface area contributed by atoms with Crippen LogP contribution in [-0.4, -0.2) is 63.4 Å². The smallest absolute Gasteiger partial charge is 0.327 e. The second-order valence-corrected chi connectivity index (χ2v) is 6.04. The Balaban J connectivity index is 2.38. The number of carbonyl (C=O) groups excluding carboxylic acids is 2. The third kappa shape index (κ3) is 4.77. The maximum atomic E-state index is 11.9. The Bertz CT molecular complexity index is 338. The van der Waals surface area contributed by atoms with Crippen LogP contribution in [0.2, 0.25) is 0 Å². The lowest BCUT2D eigenvalue weighted by atomic mass is 10.2. The van der Waals surface area contributed by atoms with Gasteiger partial charge in [-0.05, 0) is 0 Å². The fraction of sp³-hybridized carbons (Fsp3) is 0.700. The van der Waals surface area contributed by atoms with Gasteiger partial charge in [-0.2, -0.15) is 23.5 Å². The number of hydrogen-bond donors (Lipinski definition) is 2. The lowest BCUT2D eigenvalue weighted by Gasteiger charge is -2.32. The number of carboxylic acids is 1.